The Hall–Kier alpha value is -1.79. The van der Waals surface area contributed by atoms with Gasteiger partial charge in [-0.05, 0) is 37.5 Å². The summed E-state index contributed by atoms with van der Waals surface area (Å²) in [4.78, 5) is 39.6. The molecule has 7 nitrogen and oxygen atoms in total. The highest BCUT2D eigenvalue weighted by atomic mass is 16.6. The molecule has 2 unspecified atom stereocenters. The number of hydrogen-bond donors (Lipinski definition) is 1. The second-order valence-corrected chi connectivity index (χ2v) is 10.4. The summed E-state index contributed by atoms with van der Waals surface area (Å²) in [5, 5.41) is 2.71. The maximum absolute atomic E-state index is 13.3. The molecule has 0 aromatic heterocycles. The van der Waals surface area contributed by atoms with E-state index in [4.69, 9.17) is 9.47 Å². The van der Waals surface area contributed by atoms with Gasteiger partial charge >= 0.3 is 12.1 Å². The van der Waals surface area contributed by atoms with Gasteiger partial charge in [-0.25, -0.2) is 9.59 Å². The van der Waals surface area contributed by atoms with E-state index in [2.05, 4.69) is 19.2 Å². The van der Waals surface area contributed by atoms with E-state index in [0.29, 0.717) is 6.54 Å². The topological polar surface area (TPSA) is 84.9 Å². The molecular formula is C20H34N2O5. The van der Waals surface area contributed by atoms with Crippen molar-refractivity contribution >= 4 is 18.0 Å². The smallest absolute Gasteiger partial charge is 0.408 e. The molecule has 2 rings (SSSR count). The third kappa shape index (κ3) is 4.22. The molecule has 1 saturated carbocycles. The molecule has 0 bridgehead atoms. The van der Waals surface area contributed by atoms with Crippen molar-refractivity contribution in [3.8, 4) is 0 Å². The number of ether oxygens (including phenoxy) is 2. The van der Waals surface area contributed by atoms with E-state index in [1.165, 1.54) is 7.11 Å². The van der Waals surface area contributed by atoms with Crippen molar-refractivity contribution in [2.24, 2.45) is 22.7 Å². The number of rotatable bonds is 3. The van der Waals surface area contributed by atoms with Crippen LogP contribution < -0.4 is 5.32 Å². The first kappa shape index (κ1) is 21.5. The van der Waals surface area contributed by atoms with Crippen molar-refractivity contribution in [2.75, 3.05) is 13.7 Å². The van der Waals surface area contributed by atoms with Crippen LogP contribution in [0.15, 0.2) is 0 Å². The number of hydrogen-bond acceptors (Lipinski definition) is 5. The first-order chi connectivity index (χ1) is 12.1. The molecule has 2 fully saturated rings. The monoisotopic (exact) mass is 382 g/mol. The molecule has 1 aliphatic heterocycles. The number of fused-ring (bicyclic) bond motifs is 1. The highest BCUT2D eigenvalue weighted by Gasteiger charge is 2.70. The van der Waals surface area contributed by atoms with E-state index in [-0.39, 0.29) is 23.2 Å². The quantitative estimate of drug-likeness (QED) is 0.759. The van der Waals surface area contributed by atoms with Gasteiger partial charge in [-0.1, -0.05) is 34.6 Å². The number of alkyl carbamates (subject to hydrolysis) is 1. The SMILES string of the molecule is COC(=O)C1C2[C@H](CN1C(=O)[C@@H](NC(=O)OC(C)(C)C)C(C)(C)C)C2(C)C. The Morgan fingerprint density at radius 3 is 2.11 bits per heavy atom. The van der Waals surface area contributed by atoms with Gasteiger partial charge in [0.15, 0.2) is 0 Å². The predicted molar refractivity (Wildman–Crippen MR) is 101 cm³/mol. The lowest BCUT2D eigenvalue weighted by Crippen LogP contribution is -2.58. The molecule has 0 spiro atoms. The maximum Gasteiger partial charge on any atom is 0.408 e. The third-order valence-electron chi connectivity index (χ3n) is 5.71. The van der Waals surface area contributed by atoms with Gasteiger partial charge in [0.05, 0.1) is 7.11 Å². The second-order valence-electron chi connectivity index (χ2n) is 10.4. The number of methoxy groups -OCH3 is 1. The number of carbonyl (C=O) groups excluding carboxylic acids is 3. The molecule has 154 valence electrons. The van der Waals surface area contributed by atoms with Crippen molar-refractivity contribution in [3.63, 3.8) is 0 Å². The lowest BCUT2D eigenvalue weighted by Gasteiger charge is -2.37. The van der Waals surface area contributed by atoms with Gasteiger partial charge in [-0.2, -0.15) is 0 Å². The molecule has 0 aromatic carbocycles. The fourth-order valence-corrected chi connectivity index (χ4v) is 4.14. The molecule has 2 aliphatic rings. The second kappa shape index (κ2) is 6.67. The molecule has 7 heteroatoms. The summed E-state index contributed by atoms with van der Waals surface area (Å²) in [6.45, 7) is 15.7. The Bertz CT molecular complexity index is 629. The minimum atomic E-state index is -0.805. The fourth-order valence-electron chi connectivity index (χ4n) is 4.14. The summed E-state index contributed by atoms with van der Waals surface area (Å²) in [6.07, 6.45) is -0.643. The van der Waals surface area contributed by atoms with E-state index < -0.39 is 35.2 Å². The van der Waals surface area contributed by atoms with Crippen LogP contribution in [0.2, 0.25) is 0 Å². The van der Waals surface area contributed by atoms with Crippen LogP contribution in [0, 0.1) is 22.7 Å². The summed E-state index contributed by atoms with van der Waals surface area (Å²) < 4.78 is 10.3. The van der Waals surface area contributed by atoms with Crippen LogP contribution in [0.5, 0.6) is 0 Å². The number of carbonyl (C=O) groups is 3. The van der Waals surface area contributed by atoms with Gasteiger partial charge < -0.3 is 19.7 Å². The Kier molecular flexibility index (Phi) is 5.32. The zero-order valence-corrected chi connectivity index (χ0v) is 18.0. The summed E-state index contributed by atoms with van der Waals surface area (Å²) in [5.41, 5.74) is -1.19. The lowest BCUT2D eigenvalue weighted by molar-refractivity contribution is -0.154. The Balaban J connectivity index is 2.23. The minimum absolute atomic E-state index is 0.0193. The molecule has 1 N–H and O–H groups in total. The molecule has 0 radical (unpaired) electrons. The summed E-state index contributed by atoms with van der Waals surface area (Å²) in [6, 6.07) is -1.41. The van der Waals surface area contributed by atoms with Crippen LogP contribution in [-0.4, -0.2) is 54.2 Å². The number of piperidine rings is 1. The third-order valence-corrected chi connectivity index (χ3v) is 5.71. The van der Waals surface area contributed by atoms with Crippen LogP contribution in [0.1, 0.15) is 55.4 Å². The van der Waals surface area contributed by atoms with Crippen molar-refractivity contribution in [1.82, 2.24) is 10.2 Å². The molecule has 1 saturated heterocycles. The van der Waals surface area contributed by atoms with Crippen molar-refractivity contribution < 1.29 is 23.9 Å². The Morgan fingerprint density at radius 1 is 1.11 bits per heavy atom. The van der Waals surface area contributed by atoms with Crippen LogP contribution in [-0.2, 0) is 19.1 Å². The number of nitrogens with one attached hydrogen (secondary N) is 1. The summed E-state index contributed by atoms with van der Waals surface area (Å²) in [7, 11) is 1.34. The first-order valence-corrected chi connectivity index (χ1v) is 9.49. The molecule has 1 heterocycles. The van der Waals surface area contributed by atoms with Crippen molar-refractivity contribution in [3.05, 3.63) is 0 Å². The number of esters is 1. The van der Waals surface area contributed by atoms with Crippen LogP contribution >= 0.6 is 0 Å². The van der Waals surface area contributed by atoms with E-state index in [1.54, 1.807) is 25.7 Å². The summed E-state index contributed by atoms with van der Waals surface area (Å²) in [5.74, 6) is -0.304. The van der Waals surface area contributed by atoms with Gasteiger partial charge in [0, 0.05) is 12.5 Å². The molecule has 2 amide bonds. The van der Waals surface area contributed by atoms with Gasteiger partial charge in [-0.3, -0.25) is 4.79 Å². The normalized spacial score (nSPS) is 27.4. The number of nitrogens with zero attached hydrogens (tertiary/aromatic N) is 1. The van der Waals surface area contributed by atoms with Gasteiger partial charge in [0.25, 0.3) is 0 Å². The van der Waals surface area contributed by atoms with Crippen LogP contribution in [0.3, 0.4) is 0 Å². The Morgan fingerprint density at radius 2 is 1.67 bits per heavy atom. The van der Waals surface area contributed by atoms with E-state index in [9.17, 15) is 14.4 Å². The zero-order chi connectivity index (χ0) is 20.9. The highest BCUT2D eigenvalue weighted by molar-refractivity contribution is 5.91. The van der Waals surface area contributed by atoms with Crippen molar-refractivity contribution in [1.29, 1.82) is 0 Å². The predicted octanol–water partition coefficient (Wildman–Crippen LogP) is 2.58. The maximum atomic E-state index is 13.3. The van der Waals surface area contributed by atoms with Crippen molar-refractivity contribution in [2.45, 2.75) is 73.1 Å². The van der Waals surface area contributed by atoms with E-state index in [0.717, 1.165) is 0 Å². The molecule has 1 aliphatic carbocycles. The lowest BCUT2D eigenvalue weighted by atomic mass is 9.85. The fraction of sp³-hybridized carbons (Fsp3) is 0.850. The average Bonchev–Trinajstić information content (AvgIpc) is 2.85. The standard InChI is InChI=1S/C20H34N2O5/c1-18(2,3)14(21-17(25)27-19(4,5)6)15(23)22-10-11-12(20(11,7)8)13(22)16(24)26-9/h11-14H,10H2,1-9H3,(H,21,25)/t11-,12?,13?,14+/m0/s1. The highest BCUT2D eigenvalue weighted by Crippen LogP contribution is 2.65. The average molecular weight is 383 g/mol. The largest absolute Gasteiger partial charge is 0.467 e. The number of likely N-dealkylation sites (tertiary alicyclic amines) is 1. The van der Waals surface area contributed by atoms with Gasteiger partial charge in [0.1, 0.15) is 17.7 Å². The van der Waals surface area contributed by atoms with Crippen LogP contribution in [0.4, 0.5) is 4.79 Å². The van der Waals surface area contributed by atoms with E-state index in [1.807, 2.05) is 20.8 Å². The Labute approximate surface area is 162 Å². The molecule has 0 aromatic rings. The minimum Gasteiger partial charge on any atom is -0.467 e. The van der Waals surface area contributed by atoms with Gasteiger partial charge in [-0.15, -0.1) is 0 Å². The molecule has 4 atom stereocenters. The first-order valence-electron chi connectivity index (χ1n) is 9.49. The van der Waals surface area contributed by atoms with E-state index >= 15 is 0 Å². The molecule has 27 heavy (non-hydrogen) atoms. The number of amides is 2. The molecular weight excluding hydrogens is 348 g/mol. The zero-order valence-electron chi connectivity index (χ0n) is 18.0. The summed E-state index contributed by atoms with van der Waals surface area (Å²) >= 11 is 0. The van der Waals surface area contributed by atoms with Crippen LogP contribution in [0.25, 0.3) is 0 Å². The van der Waals surface area contributed by atoms with Gasteiger partial charge in [0.2, 0.25) is 5.91 Å².